The molecule has 3 nitrogen and oxygen atoms in total. The zero-order valence-electron chi connectivity index (χ0n) is 12.1. The van der Waals surface area contributed by atoms with Gasteiger partial charge in [0.05, 0.1) is 5.92 Å². The van der Waals surface area contributed by atoms with Gasteiger partial charge in [-0.15, -0.1) is 0 Å². The van der Waals surface area contributed by atoms with Crippen LogP contribution in [0.25, 0.3) is 0 Å². The fourth-order valence-corrected chi connectivity index (χ4v) is 2.49. The molecular formula is C17H16Cl2O3. The molecule has 0 spiro atoms. The van der Waals surface area contributed by atoms with Gasteiger partial charge in [0.1, 0.15) is 12.4 Å². The summed E-state index contributed by atoms with van der Waals surface area (Å²) in [5, 5.41) is 10.0. The van der Waals surface area contributed by atoms with Crippen molar-refractivity contribution in [3.8, 4) is 5.75 Å². The topological polar surface area (TPSA) is 46.5 Å². The number of aliphatic carboxylic acids is 1. The zero-order chi connectivity index (χ0) is 16.1. The van der Waals surface area contributed by atoms with Gasteiger partial charge in [0.25, 0.3) is 0 Å². The van der Waals surface area contributed by atoms with Crippen LogP contribution in [0.1, 0.15) is 18.1 Å². The monoisotopic (exact) mass is 338 g/mol. The Balaban J connectivity index is 1.98. The fraction of sp³-hybridized carbons (Fsp3) is 0.235. The first-order chi connectivity index (χ1) is 10.5. The van der Waals surface area contributed by atoms with Crippen LogP contribution in [-0.4, -0.2) is 11.1 Å². The summed E-state index contributed by atoms with van der Waals surface area (Å²) in [4.78, 5) is 10.8. The van der Waals surface area contributed by atoms with Gasteiger partial charge >= 0.3 is 5.97 Å². The molecule has 0 saturated carbocycles. The summed E-state index contributed by atoms with van der Waals surface area (Å²) in [5.41, 5.74) is 1.70. The third-order valence-corrected chi connectivity index (χ3v) is 4.04. The molecule has 0 fully saturated rings. The number of halogens is 2. The highest BCUT2D eigenvalue weighted by molar-refractivity contribution is 6.35. The Bertz CT molecular complexity index is 633. The Morgan fingerprint density at radius 2 is 1.73 bits per heavy atom. The molecule has 0 radical (unpaired) electrons. The molecule has 0 aliphatic carbocycles. The second-order valence-electron chi connectivity index (χ2n) is 5.08. The minimum atomic E-state index is -0.798. The molecule has 116 valence electrons. The molecule has 0 aliphatic heterocycles. The van der Waals surface area contributed by atoms with Crippen molar-refractivity contribution in [3.63, 3.8) is 0 Å². The van der Waals surface area contributed by atoms with E-state index in [4.69, 9.17) is 33.0 Å². The van der Waals surface area contributed by atoms with Crippen LogP contribution in [0.2, 0.25) is 10.0 Å². The molecule has 5 heteroatoms. The van der Waals surface area contributed by atoms with Crippen LogP contribution < -0.4 is 4.74 Å². The third kappa shape index (κ3) is 4.39. The van der Waals surface area contributed by atoms with E-state index in [1.54, 1.807) is 25.1 Å². The molecule has 0 amide bonds. The van der Waals surface area contributed by atoms with E-state index in [9.17, 15) is 4.79 Å². The SMILES string of the molecule is CC(Cc1ccc(OCc2c(Cl)cccc2Cl)cc1)C(=O)O. The Hall–Kier alpha value is -1.71. The van der Waals surface area contributed by atoms with E-state index in [0.29, 0.717) is 22.2 Å². The molecule has 1 unspecified atom stereocenters. The van der Waals surface area contributed by atoms with Crippen molar-refractivity contribution in [1.82, 2.24) is 0 Å². The lowest BCUT2D eigenvalue weighted by Gasteiger charge is -2.11. The van der Waals surface area contributed by atoms with Gasteiger partial charge < -0.3 is 9.84 Å². The van der Waals surface area contributed by atoms with Gasteiger partial charge in [-0.25, -0.2) is 0 Å². The van der Waals surface area contributed by atoms with Crippen molar-refractivity contribution in [3.05, 3.63) is 63.6 Å². The Morgan fingerprint density at radius 1 is 1.14 bits per heavy atom. The molecule has 1 atom stereocenters. The highest BCUT2D eigenvalue weighted by atomic mass is 35.5. The summed E-state index contributed by atoms with van der Waals surface area (Å²) in [6, 6.07) is 12.7. The summed E-state index contributed by atoms with van der Waals surface area (Å²) in [5.74, 6) is -0.523. The standard InChI is InChI=1S/C17H16Cl2O3/c1-11(17(20)21)9-12-5-7-13(8-6-12)22-10-14-15(18)3-2-4-16(14)19/h2-8,11H,9-10H2,1H3,(H,20,21). The lowest BCUT2D eigenvalue weighted by molar-refractivity contribution is -0.141. The van der Waals surface area contributed by atoms with Crippen molar-refractivity contribution in [2.45, 2.75) is 20.0 Å². The van der Waals surface area contributed by atoms with Crippen molar-refractivity contribution in [2.75, 3.05) is 0 Å². The predicted octanol–water partition coefficient (Wildman–Crippen LogP) is 4.84. The Morgan fingerprint density at radius 3 is 2.27 bits per heavy atom. The molecule has 0 bridgehead atoms. The second kappa shape index (κ2) is 7.52. The zero-order valence-corrected chi connectivity index (χ0v) is 13.6. The maximum atomic E-state index is 10.8. The molecule has 2 aromatic rings. The van der Waals surface area contributed by atoms with Crippen LogP contribution in [0.3, 0.4) is 0 Å². The van der Waals surface area contributed by atoms with Crippen LogP contribution >= 0.6 is 23.2 Å². The van der Waals surface area contributed by atoms with Crippen LogP contribution in [-0.2, 0) is 17.8 Å². The molecule has 2 aromatic carbocycles. The number of carboxylic acids is 1. The normalized spacial score (nSPS) is 12.0. The summed E-state index contributed by atoms with van der Waals surface area (Å²) in [6.45, 7) is 1.97. The van der Waals surface area contributed by atoms with E-state index >= 15 is 0 Å². The number of carboxylic acid groups (broad SMARTS) is 1. The van der Waals surface area contributed by atoms with Gasteiger partial charge in [0, 0.05) is 15.6 Å². The smallest absolute Gasteiger partial charge is 0.306 e. The molecule has 0 aromatic heterocycles. The largest absolute Gasteiger partial charge is 0.489 e. The number of rotatable bonds is 6. The molecular weight excluding hydrogens is 323 g/mol. The van der Waals surface area contributed by atoms with Crippen molar-refractivity contribution in [2.24, 2.45) is 5.92 Å². The number of hydrogen-bond donors (Lipinski definition) is 1. The lowest BCUT2D eigenvalue weighted by atomic mass is 10.0. The molecule has 1 N–H and O–H groups in total. The van der Waals surface area contributed by atoms with Crippen molar-refractivity contribution < 1.29 is 14.6 Å². The minimum absolute atomic E-state index is 0.281. The molecule has 0 heterocycles. The first kappa shape index (κ1) is 16.7. The minimum Gasteiger partial charge on any atom is -0.489 e. The van der Waals surface area contributed by atoms with Gasteiger partial charge in [0.15, 0.2) is 0 Å². The Labute approximate surface area is 139 Å². The quantitative estimate of drug-likeness (QED) is 0.819. The molecule has 22 heavy (non-hydrogen) atoms. The fourth-order valence-electron chi connectivity index (χ4n) is 1.99. The average Bonchev–Trinajstić information content (AvgIpc) is 2.48. The predicted molar refractivity (Wildman–Crippen MR) is 87.7 cm³/mol. The van der Waals surface area contributed by atoms with E-state index in [1.807, 2.05) is 24.3 Å². The van der Waals surface area contributed by atoms with E-state index in [-0.39, 0.29) is 6.61 Å². The average molecular weight is 339 g/mol. The maximum absolute atomic E-state index is 10.8. The van der Waals surface area contributed by atoms with Crippen LogP contribution in [0.5, 0.6) is 5.75 Å². The first-order valence-electron chi connectivity index (χ1n) is 6.85. The summed E-state index contributed by atoms with van der Waals surface area (Å²) < 4.78 is 5.68. The van der Waals surface area contributed by atoms with Crippen LogP contribution in [0.4, 0.5) is 0 Å². The molecule has 0 saturated heterocycles. The number of benzene rings is 2. The first-order valence-corrected chi connectivity index (χ1v) is 7.60. The van der Waals surface area contributed by atoms with E-state index in [0.717, 1.165) is 11.1 Å². The molecule has 0 aliphatic rings. The Kier molecular flexibility index (Phi) is 5.69. The number of carbonyl (C=O) groups is 1. The number of ether oxygens (including phenoxy) is 1. The van der Waals surface area contributed by atoms with Crippen LogP contribution in [0.15, 0.2) is 42.5 Å². The van der Waals surface area contributed by atoms with E-state index in [2.05, 4.69) is 0 Å². The van der Waals surface area contributed by atoms with Crippen molar-refractivity contribution in [1.29, 1.82) is 0 Å². The highest BCUT2D eigenvalue weighted by Gasteiger charge is 2.11. The maximum Gasteiger partial charge on any atom is 0.306 e. The van der Waals surface area contributed by atoms with E-state index in [1.165, 1.54) is 0 Å². The molecule has 2 rings (SSSR count). The highest BCUT2D eigenvalue weighted by Crippen LogP contribution is 2.26. The lowest BCUT2D eigenvalue weighted by Crippen LogP contribution is -2.12. The summed E-state index contributed by atoms with van der Waals surface area (Å²) in [7, 11) is 0. The summed E-state index contributed by atoms with van der Waals surface area (Å²) >= 11 is 12.2. The van der Waals surface area contributed by atoms with Gasteiger partial charge in [-0.05, 0) is 36.2 Å². The number of hydrogen-bond acceptors (Lipinski definition) is 2. The van der Waals surface area contributed by atoms with Gasteiger partial charge in [0.2, 0.25) is 0 Å². The van der Waals surface area contributed by atoms with Gasteiger partial charge in [-0.1, -0.05) is 48.3 Å². The van der Waals surface area contributed by atoms with Crippen LogP contribution in [0, 0.1) is 5.92 Å². The third-order valence-electron chi connectivity index (χ3n) is 3.33. The van der Waals surface area contributed by atoms with Gasteiger partial charge in [-0.3, -0.25) is 4.79 Å². The second-order valence-corrected chi connectivity index (χ2v) is 5.89. The summed E-state index contributed by atoms with van der Waals surface area (Å²) in [6.07, 6.45) is 0.492. The van der Waals surface area contributed by atoms with E-state index < -0.39 is 11.9 Å². The van der Waals surface area contributed by atoms with Gasteiger partial charge in [-0.2, -0.15) is 0 Å². The van der Waals surface area contributed by atoms with Crippen molar-refractivity contribution >= 4 is 29.2 Å².